The summed E-state index contributed by atoms with van der Waals surface area (Å²) in [5, 5.41) is 1.40. The summed E-state index contributed by atoms with van der Waals surface area (Å²) >= 11 is 2.29. The lowest BCUT2D eigenvalue weighted by molar-refractivity contribution is -0.113. The van der Waals surface area contributed by atoms with Crippen LogP contribution in [0.25, 0.3) is 6.08 Å². The number of benzene rings is 1. The maximum Gasteiger partial charge on any atom is 0.298 e. The van der Waals surface area contributed by atoms with Crippen molar-refractivity contribution in [2.75, 3.05) is 4.90 Å². The van der Waals surface area contributed by atoms with Crippen LogP contribution in [-0.2, 0) is 4.79 Å². The van der Waals surface area contributed by atoms with Crippen LogP contribution in [0, 0.1) is 5.82 Å². The van der Waals surface area contributed by atoms with Crippen LogP contribution >= 0.6 is 23.1 Å². The van der Waals surface area contributed by atoms with Crippen LogP contribution in [0.3, 0.4) is 0 Å². The van der Waals surface area contributed by atoms with Gasteiger partial charge in [-0.1, -0.05) is 18.2 Å². The number of para-hydroxylation sites is 1. The van der Waals surface area contributed by atoms with Gasteiger partial charge < -0.3 is 0 Å². The third-order valence-electron chi connectivity index (χ3n) is 2.70. The van der Waals surface area contributed by atoms with E-state index in [4.69, 9.17) is 0 Å². The normalized spacial score (nSPS) is 17.2. The molecule has 0 spiro atoms. The van der Waals surface area contributed by atoms with Crippen LogP contribution in [0.2, 0.25) is 0 Å². The molecule has 1 aromatic heterocycles. The molecule has 0 atom stereocenters. The fraction of sp³-hybridized carbons (Fsp3) is 0. The smallest absolute Gasteiger partial charge is 0.268 e. The van der Waals surface area contributed by atoms with Crippen LogP contribution < -0.4 is 4.90 Å². The van der Waals surface area contributed by atoms with Crippen molar-refractivity contribution < 1.29 is 14.0 Å². The second-order valence-corrected chi connectivity index (χ2v) is 5.96. The predicted octanol–water partition coefficient (Wildman–Crippen LogP) is 4.13. The first-order chi connectivity index (χ1) is 9.66. The van der Waals surface area contributed by atoms with Gasteiger partial charge in [-0.05, 0) is 41.4 Å². The number of hydrogen-bond donors (Lipinski definition) is 0. The number of thioether (sulfide) groups is 1. The maximum absolute atomic E-state index is 13.7. The third kappa shape index (κ3) is 2.28. The first-order valence-electron chi connectivity index (χ1n) is 5.73. The first kappa shape index (κ1) is 13.1. The lowest BCUT2D eigenvalue weighted by Crippen LogP contribution is -2.28. The molecule has 0 N–H and O–H groups in total. The molecule has 0 aliphatic carbocycles. The number of anilines is 1. The molecule has 0 unspecified atom stereocenters. The lowest BCUT2D eigenvalue weighted by Gasteiger charge is -2.12. The number of carbonyl (C=O) groups excluding carboxylic acids is 2. The van der Waals surface area contributed by atoms with Gasteiger partial charge in [0, 0.05) is 4.88 Å². The Morgan fingerprint density at radius 2 is 1.90 bits per heavy atom. The largest absolute Gasteiger partial charge is 0.298 e. The van der Waals surface area contributed by atoms with E-state index in [-0.39, 0.29) is 5.69 Å². The number of rotatable bonds is 2. The number of hydrogen-bond acceptors (Lipinski definition) is 4. The summed E-state index contributed by atoms with van der Waals surface area (Å²) in [6.45, 7) is 0. The van der Waals surface area contributed by atoms with E-state index in [1.54, 1.807) is 12.1 Å². The molecular formula is C14H8FNO2S2. The number of imide groups is 1. The highest BCUT2D eigenvalue weighted by Crippen LogP contribution is 2.36. The molecule has 100 valence electrons. The molecule has 0 radical (unpaired) electrons. The minimum atomic E-state index is -0.591. The monoisotopic (exact) mass is 305 g/mol. The molecule has 1 aromatic carbocycles. The van der Waals surface area contributed by atoms with E-state index in [1.807, 2.05) is 17.5 Å². The lowest BCUT2D eigenvalue weighted by atomic mass is 10.2. The van der Waals surface area contributed by atoms with Crippen molar-refractivity contribution in [1.82, 2.24) is 0 Å². The van der Waals surface area contributed by atoms with Crippen LogP contribution in [-0.4, -0.2) is 11.1 Å². The van der Waals surface area contributed by atoms with Gasteiger partial charge in [0.25, 0.3) is 11.1 Å². The van der Waals surface area contributed by atoms with Crippen molar-refractivity contribution in [3.8, 4) is 0 Å². The Balaban J connectivity index is 1.98. The summed E-state index contributed by atoms with van der Waals surface area (Å²) < 4.78 is 13.7. The van der Waals surface area contributed by atoms with Crippen molar-refractivity contribution >= 4 is 46.0 Å². The minimum absolute atomic E-state index is 0.00965. The molecule has 2 heterocycles. The van der Waals surface area contributed by atoms with E-state index < -0.39 is 17.0 Å². The predicted molar refractivity (Wildman–Crippen MR) is 79.2 cm³/mol. The molecular weight excluding hydrogens is 297 g/mol. The summed E-state index contributed by atoms with van der Waals surface area (Å²) in [5.41, 5.74) is -0.00965. The number of thiophene rings is 1. The zero-order valence-electron chi connectivity index (χ0n) is 10.1. The summed E-state index contributed by atoms with van der Waals surface area (Å²) in [4.78, 5) is 26.2. The Morgan fingerprint density at radius 3 is 2.60 bits per heavy atom. The zero-order valence-corrected chi connectivity index (χ0v) is 11.7. The Labute approximate surface area is 122 Å². The van der Waals surface area contributed by atoms with Gasteiger partial charge in [-0.15, -0.1) is 11.3 Å². The van der Waals surface area contributed by atoms with Gasteiger partial charge in [0.15, 0.2) is 0 Å². The van der Waals surface area contributed by atoms with Gasteiger partial charge in [0.05, 0.1) is 10.6 Å². The van der Waals surface area contributed by atoms with Gasteiger partial charge in [0.1, 0.15) is 5.82 Å². The fourth-order valence-electron chi connectivity index (χ4n) is 1.81. The summed E-state index contributed by atoms with van der Waals surface area (Å²) in [6.07, 6.45) is 1.65. The van der Waals surface area contributed by atoms with Gasteiger partial charge in [-0.2, -0.15) is 0 Å². The number of nitrogens with zero attached hydrogens (tertiary/aromatic N) is 1. The van der Waals surface area contributed by atoms with E-state index in [0.717, 1.165) is 21.5 Å². The Morgan fingerprint density at radius 1 is 1.10 bits per heavy atom. The minimum Gasteiger partial charge on any atom is -0.268 e. The van der Waals surface area contributed by atoms with Crippen LogP contribution in [0.1, 0.15) is 4.88 Å². The Hall–Kier alpha value is -1.92. The number of carbonyl (C=O) groups is 2. The third-order valence-corrected chi connectivity index (χ3v) is 4.39. The van der Waals surface area contributed by atoms with Gasteiger partial charge in [0.2, 0.25) is 0 Å². The SMILES string of the molecule is O=C1S/C(=C/c2cccs2)C(=O)N1c1ccccc1F. The summed E-state index contributed by atoms with van der Waals surface area (Å²) in [6, 6.07) is 9.45. The molecule has 1 aliphatic heterocycles. The van der Waals surface area contributed by atoms with Crippen molar-refractivity contribution in [1.29, 1.82) is 0 Å². The molecule has 6 heteroatoms. The topological polar surface area (TPSA) is 37.4 Å². The summed E-state index contributed by atoms with van der Waals surface area (Å²) in [5.74, 6) is -1.08. The van der Waals surface area contributed by atoms with Crippen molar-refractivity contribution in [3.05, 3.63) is 57.4 Å². The van der Waals surface area contributed by atoms with Gasteiger partial charge in [-0.3, -0.25) is 9.59 Å². The number of halogens is 1. The molecule has 1 aliphatic rings. The highest BCUT2D eigenvalue weighted by Gasteiger charge is 2.37. The molecule has 1 saturated heterocycles. The molecule has 1 fully saturated rings. The Kier molecular flexibility index (Phi) is 3.42. The molecule has 2 aromatic rings. The zero-order chi connectivity index (χ0) is 14.1. The first-order valence-corrected chi connectivity index (χ1v) is 7.42. The van der Waals surface area contributed by atoms with Crippen LogP contribution in [0.15, 0.2) is 46.7 Å². The van der Waals surface area contributed by atoms with E-state index >= 15 is 0 Å². The van der Waals surface area contributed by atoms with Crippen molar-refractivity contribution in [2.45, 2.75) is 0 Å². The van der Waals surface area contributed by atoms with Gasteiger partial charge >= 0.3 is 0 Å². The Bertz CT molecular complexity index is 710. The molecule has 2 amide bonds. The molecule has 3 rings (SSSR count). The average molecular weight is 305 g/mol. The average Bonchev–Trinajstić information content (AvgIpc) is 3.01. The molecule has 3 nitrogen and oxygen atoms in total. The van der Waals surface area contributed by atoms with Crippen molar-refractivity contribution in [2.24, 2.45) is 0 Å². The fourth-order valence-corrected chi connectivity index (χ4v) is 3.37. The molecule has 20 heavy (non-hydrogen) atoms. The van der Waals surface area contributed by atoms with Gasteiger partial charge in [-0.25, -0.2) is 9.29 Å². The molecule has 0 bridgehead atoms. The number of amides is 2. The highest BCUT2D eigenvalue weighted by atomic mass is 32.2. The van der Waals surface area contributed by atoms with E-state index in [1.165, 1.54) is 29.5 Å². The second-order valence-electron chi connectivity index (χ2n) is 3.98. The van der Waals surface area contributed by atoms with E-state index in [9.17, 15) is 14.0 Å². The second kappa shape index (κ2) is 5.22. The highest BCUT2D eigenvalue weighted by molar-refractivity contribution is 8.19. The van der Waals surface area contributed by atoms with E-state index in [2.05, 4.69) is 0 Å². The maximum atomic E-state index is 13.7. The molecule has 0 saturated carbocycles. The summed E-state index contributed by atoms with van der Waals surface area (Å²) in [7, 11) is 0. The van der Waals surface area contributed by atoms with Crippen LogP contribution in [0.5, 0.6) is 0 Å². The van der Waals surface area contributed by atoms with E-state index in [0.29, 0.717) is 4.91 Å². The standard InChI is InChI=1S/C14H8FNO2S2/c15-10-5-1-2-6-11(10)16-13(17)12(20-14(16)18)8-9-4-3-7-19-9/h1-8H/b12-8+. The quantitative estimate of drug-likeness (QED) is 0.783. The van der Waals surface area contributed by atoms with Crippen LogP contribution in [0.4, 0.5) is 14.9 Å². The van der Waals surface area contributed by atoms with Crippen molar-refractivity contribution in [3.63, 3.8) is 0 Å².